The molecule has 2 aromatic rings. The molecule has 1 amide bonds. The van der Waals surface area contributed by atoms with Crippen LogP contribution in [0.3, 0.4) is 0 Å². The van der Waals surface area contributed by atoms with E-state index in [1.165, 1.54) is 18.2 Å². The molecule has 0 aliphatic carbocycles. The van der Waals surface area contributed by atoms with Gasteiger partial charge < -0.3 is 10.1 Å². The molecule has 23 heavy (non-hydrogen) atoms. The molecule has 7 heteroatoms. The van der Waals surface area contributed by atoms with Gasteiger partial charge >= 0.3 is 0 Å². The first-order valence-corrected chi connectivity index (χ1v) is 7.75. The third kappa shape index (κ3) is 3.54. The molecule has 1 aromatic carbocycles. The van der Waals surface area contributed by atoms with Crippen molar-refractivity contribution in [3.8, 4) is 0 Å². The van der Waals surface area contributed by atoms with E-state index in [-0.39, 0.29) is 29.5 Å². The Morgan fingerprint density at radius 2 is 2.35 bits per heavy atom. The van der Waals surface area contributed by atoms with Gasteiger partial charge in [-0.2, -0.15) is 5.10 Å². The smallest absolute Gasteiger partial charge is 0.224 e. The predicted molar refractivity (Wildman–Crippen MR) is 83.6 cm³/mol. The molecule has 2 heterocycles. The van der Waals surface area contributed by atoms with Crippen LogP contribution in [0.2, 0.25) is 5.02 Å². The minimum absolute atomic E-state index is 0.105. The second-order valence-electron chi connectivity index (χ2n) is 5.55. The summed E-state index contributed by atoms with van der Waals surface area (Å²) in [6.07, 6.45) is 2.33. The molecule has 1 aromatic heterocycles. The number of rotatable bonds is 4. The maximum absolute atomic E-state index is 13.0. The second kappa shape index (κ2) is 6.68. The van der Waals surface area contributed by atoms with Gasteiger partial charge in [-0.05, 0) is 30.2 Å². The van der Waals surface area contributed by atoms with E-state index in [1.54, 1.807) is 10.9 Å². The Kier molecular flexibility index (Phi) is 4.63. The van der Waals surface area contributed by atoms with E-state index in [2.05, 4.69) is 10.4 Å². The molecule has 1 aliphatic rings. The summed E-state index contributed by atoms with van der Waals surface area (Å²) in [4.78, 5) is 12.3. The van der Waals surface area contributed by atoms with Crippen LogP contribution in [0.5, 0.6) is 0 Å². The van der Waals surface area contributed by atoms with Crippen molar-refractivity contribution >= 4 is 17.5 Å². The molecule has 0 radical (unpaired) electrons. The summed E-state index contributed by atoms with van der Waals surface area (Å²) in [6, 6.07) is 5.80. The van der Waals surface area contributed by atoms with Crippen LogP contribution < -0.4 is 5.32 Å². The number of carbonyl (C=O) groups excluding carboxylic acids is 1. The Morgan fingerprint density at radius 1 is 1.52 bits per heavy atom. The summed E-state index contributed by atoms with van der Waals surface area (Å²) >= 11 is 5.96. The highest BCUT2D eigenvalue weighted by atomic mass is 35.5. The zero-order valence-corrected chi connectivity index (χ0v) is 13.4. The van der Waals surface area contributed by atoms with Gasteiger partial charge in [0.25, 0.3) is 0 Å². The molecule has 1 saturated heterocycles. The quantitative estimate of drug-likeness (QED) is 0.932. The average molecular weight is 338 g/mol. The van der Waals surface area contributed by atoms with Gasteiger partial charge in [0.05, 0.1) is 18.2 Å². The molecule has 2 atom stereocenters. The molecule has 0 spiro atoms. The van der Waals surface area contributed by atoms with Gasteiger partial charge in [-0.15, -0.1) is 0 Å². The number of aromatic nitrogens is 2. The van der Waals surface area contributed by atoms with Crippen molar-refractivity contribution in [3.05, 3.63) is 52.6 Å². The molecule has 5 nitrogen and oxygen atoms in total. The van der Waals surface area contributed by atoms with Crippen molar-refractivity contribution in [1.29, 1.82) is 0 Å². The van der Waals surface area contributed by atoms with E-state index in [0.29, 0.717) is 12.2 Å². The number of ether oxygens (including phenoxy) is 1. The lowest BCUT2D eigenvalue weighted by molar-refractivity contribution is -0.121. The number of halogens is 2. The van der Waals surface area contributed by atoms with Gasteiger partial charge in [-0.25, -0.2) is 4.39 Å². The van der Waals surface area contributed by atoms with Crippen molar-refractivity contribution in [2.24, 2.45) is 7.05 Å². The van der Waals surface area contributed by atoms with E-state index in [9.17, 15) is 9.18 Å². The maximum Gasteiger partial charge on any atom is 0.224 e. The van der Waals surface area contributed by atoms with Crippen molar-refractivity contribution in [2.45, 2.75) is 25.0 Å². The third-order valence-corrected chi connectivity index (χ3v) is 4.31. The van der Waals surface area contributed by atoms with Crippen LogP contribution in [0.1, 0.15) is 23.8 Å². The normalized spacial score (nSPS) is 20.7. The number of hydrogen-bond acceptors (Lipinski definition) is 3. The van der Waals surface area contributed by atoms with Gasteiger partial charge in [0.2, 0.25) is 5.91 Å². The summed E-state index contributed by atoms with van der Waals surface area (Å²) < 4.78 is 20.5. The van der Waals surface area contributed by atoms with Crippen LogP contribution in [0, 0.1) is 5.82 Å². The molecule has 1 N–H and O–H groups in total. The Bertz CT molecular complexity index is 719. The van der Waals surface area contributed by atoms with E-state index in [0.717, 1.165) is 12.1 Å². The first-order chi connectivity index (χ1) is 11.0. The van der Waals surface area contributed by atoms with Crippen molar-refractivity contribution < 1.29 is 13.9 Å². The number of aryl methyl sites for hydroxylation is 1. The van der Waals surface area contributed by atoms with E-state index in [1.807, 2.05) is 13.1 Å². The Labute approximate surface area is 138 Å². The lowest BCUT2D eigenvalue weighted by Crippen LogP contribution is -2.38. The van der Waals surface area contributed by atoms with Gasteiger partial charge in [-0.3, -0.25) is 9.48 Å². The second-order valence-corrected chi connectivity index (χ2v) is 5.95. The van der Waals surface area contributed by atoms with Crippen LogP contribution in [0.15, 0.2) is 30.5 Å². The number of nitrogens with one attached hydrogen (secondary N) is 1. The van der Waals surface area contributed by atoms with Crippen LogP contribution >= 0.6 is 11.6 Å². The standard InChI is InChI=1S/C16H17ClFN3O2/c1-21-14(4-6-19-21)16-13(5-7-23-16)20-15(22)8-10-2-3-11(18)9-12(10)17/h2-4,6,9,13,16H,5,7-8H2,1H3,(H,20,22)/t13-,16-/m0/s1. The average Bonchev–Trinajstić information content (AvgIpc) is 3.10. The van der Waals surface area contributed by atoms with E-state index < -0.39 is 5.82 Å². The molecule has 0 saturated carbocycles. The molecule has 3 rings (SSSR count). The van der Waals surface area contributed by atoms with Crippen LogP contribution in [0.25, 0.3) is 0 Å². The number of benzene rings is 1. The first kappa shape index (κ1) is 16.0. The minimum Gasteiger partial charge on any atom is -0.370 e. The molecule has 0 bridgehead atoms. The Balaban J connectivity index is 1.66. The van der Waals surface area contributed by atoms with Crippen LogP contribution in [-0.2, 0) is 23.0 Å². The molecule has 1 fully saturated rings. The van der Waals surface area contributed by atoms with Gasteiger partial charge in [0.15, 0.2) is 0 Å². The number of hydrogen-bond donors (Lipinski definition) is 1. The highest BCUT2D eigenvalue weighted by molar-refractivity contribution is 6.31. The van der Waals surface area contributed by atoms with Gasteiger partial charge in [-0.1, -0.05) is 17.7 Å². The fourth-order valence-corrected chi connectivity index (χ4v) is 3.02. The third-order valence-electron chi connectivity index (χ3n) is 3.95. The van der Waals surface area contributed by atoms with Crippen molar-refractivity contribution in [2.75, 3.05) is 6.61 Å². The molecular weight excluding hydrogens is 321 g/mol. The summed E-state index contributed by atoms with van der Waals surface area (Å²) in [7, 11) is 1.84. The van der Waals surface area contributed by atoms with Crippen LogP contribution in [-0.4, -0.2) is 28.3 Å². The van der Waals surface area contributed by atoms with Crippen LogP contribution in [0.4, 0.5) is 4.39 Å². The lowest BCUT2D eigenvalue weighted by Gasteiger charge is -2.20. The fraction of sp³-hybridized carbons (Fsp3) is 0.375. The molecule has 0 unspecified atom stereocenters. The zero-order valence-electron chi connectivity index (χ0n) is 12.6. The molecule has 1 aliphatic heterocycles. The Hall–Kier alpha value is -1.92. The Morgan fingerprint density at radius 3 is 3.04 bits per heavy atom. The SMILES string of the molecule is Cn1nccc1[C@H]1OCC[C@@H]1NC(=O)Cc1ccc(F)cc1Cl. The highest BCUT2D eigenvalue weighted by Gasteiger charge is 2.32. The monoisotopic (exact) mass is 337 g/mol. The summed E-state index contributed by atoms with van der Waals surface area (Å²) in [6.45, 7) is 0.581. The lowest BCUT2D eigenvalue weighted by atomic mass is 10.1. The maximum atomic E-state index is 13.0. The summed E-state index contributed by atoms with van der Waals surface area (Å²) in [5, 5.41) is 7.37. The number of nitrogens with zero attached hydrogens (tertiary/aromatic N) is 2. The van der Waals surface area contributed by atoms with Crippen molar-refractivity contribution in [1.82, 2.24) is 15.1 Å². The van der Waals surface area contributed by atoms with Gasteiger partial charge in [0.1, 0.15) is 11.9 Å². The minimum atomic E-state index is -0.417. The number of carbonyl (C=O) groups is 1. The summed E-state index contributed by atoms with van der Waals surface area (Å²) in [5.41, 5.74) is 1.52. The molecular formula is C16H17ClFN3O2. The summed E-state index contributed by atoms with van der Waals surface area (Å²) in [5.74, 6) is -0.583. The largest absolute Gasteiger partial charge is 0.370 e. The zero-order chi connectivity index (χ0) is 16.4. The fourth-order valence-electron chi connectivity index (χ4n) is 2.79. The van der Waals surface area contributed by atoms with E-state index in [4.69, 9.17) is 16.3 Å². The van der Waals surface area contributed by atoms with Gasteiger partial charge in [0, 0.05) is 24.9 Å². The molecule has 122 valence electrons. The van der Waals surface area contributed by atoms with E-state index >= 15 is 0 Å². The van der Waals surface area contributed by atoms with Crippen molar-refractivity contribution in [3.63, 3.8) is 0 Å². The first-order valence-electron chi connectivity index (χ1n) is 7.37. The predicted octanol–water partition coefficient (Wildman–Crippen LogP) is 2.40. The number of amides is 1. The topological polar surface area (TPSA) is 56.1 Å². The highest BCUT2D eigenvalue weighted by Crippen LogP contribution is 2.28.